The Bertz CT molecular complexity index is 35.5. The molecule has 0 fully saturated rings. The zero-order valence-electron chi connectivity index (χ0n) is 5.90. The molecule has 0 unspecified atom stereocenters. The van der Waals surface area contributed by atoms with Gasteiger partial charge in [-0.3, -0.25) is 4.57 Å². The first-order valence-electron chi connectivity index (χ1n) is 3.01. The highest BCUT2D eigenvalue weighted by molar-refractivity contribution is 7.00. The zero-order chi connectivity index (χ0) is 6.99. The molecule has 8 heavy (non-hydrogen) atoms. The molecule has 50 valence electrons. The van der Waals surface area contributed by atoms with Crippen LogP contribution in [0.5, 0.6) is 0 Å². The van der Waals surface area contributed by atoms with Gasteiger partial charge in [-0.1, -0.05) is 33.6 Å². The van der Waals surface area contributed by atoms with E-state index < -0.39 is 0 Å². The lowest BCUT2D eigenvalue weighted by atomic mass is 10.1. The van der Waals surface area contributed by atoms with Crippen molar-refractivity contribution < 1.29 is 4.57 Å². The van der Waals surface area contributed by atoms with Gasteiger partial charge in [0.1, 0.15) is 9.12 Å². The molecule has 0 saturated carbocycles. The van der Waals surface area contributed by atoms with Gasteiger partial charge in [0.15, 0.2) is 0 Å². The maximum atomic E-state index is 8.06. The van der Waals surface area contributed by atoms with Crippen molar-refractivity contribution in [2.45, 2.75) is 33.6 Å². The van der Waals surface area contributed by atoms with Crippen molar-refractivity contribution >= 4 is 9.12 Å². The van der Waals surface area contributed by atoms with E-state index in [-0.39, 0.29) is 0 Å². The maximum Gasteiger partial charge on any atom is 0.138 e. The van der Waals surface area contributed by atoms with Crippen molar-refractivity contribution in [2.24, 2.45) is 5.92 Å². The van der Waals surface area contributed by atoms with Crippen molar-refractivity contribution in [1.82, 2.24) is 0 Å². The second-order valence-corrected chi connectivity index (χ2v) is 1.92. The average molecular weight is 134 g/mol. The highest BCUT2D eigenvalue weighted by Crippen LogP contribution is 2.02. The Morgan fingerprint density at radius 3 is 1.50 bits per heavy atom. The van der Waals surface area contributed by atoms with Gasteiger partial charge in [-0.25, -0.2) is 0 Å². The molecule has 0 aromatic carbocycles. The monoisotopic (exact) mass is 134 g/mol. The molecule has 0 N–H and O–H groups in total. The van der Waals surface area contributed by atoms with E-state index in [9.17, 15) is 0 Å². The van der Waals surface area contributed by atoms with Crippen molar-refractivity contribution in [2.75, 3.05) is 0 Å². The number of rotatable bonds is 2. The van der Waals surface area contributed by atoms with E-state index in [1.54, 1.807) is 9.12 Å². The molecular formula is C6H15OP. The lowest BCUT2D eigenvalue weighted by Crippen LogP contribution is -1.85. The van der Waals surface area contributed by atoms with Gasteiger partial charge in [0.25, 0.3) is 0 Å². The van der Waals surface area contributed by atoms with Crippen LogP contribution in [0.1, 0.15) is 33.6 Å². The summed E-state index contributed by atoms with van der Waals surface area (Å²) < 4.78 is 8.06. The van der Waals surface area contributed by atoms with E-state index in [1.807, 2.05) is 0 Å². The van der Waals surface area contributed by atoms with Crippen LogP contribution in [0.4, 0.5) is 0 Å². The first-order chi connectivity index (χ1) is 3.81. The van der Waals surface area contributed by atoms with Crippen molar-refractivity contribution in [3.63, 3.8) is 0 Å². The lowest BCUT2D eigenvalue weighted by Gasteiger charge is -1.98. The summed E-state index contributed by atoms with van der Waals surface area (Å²) in [5, 5.41) is 0. The van der Waals surface area contributed by atoms with E-state index >= 15 is 0 Å². The van der Waals surface area contributed by atoms with Crippen LogP contribution in [-0.2, 0) is 4.57 Å². The second kappa shape index (κ2) is 10.2. The van der Waals surface area contributed by atoms with E-state index in [0.29, 0.717) is 0 Å². The third kappa shape index (κ3) is 9.44. The van der Waals surface area contributed by atoms with Gasteiger partial charge in [-0.05, 0) is 5.92 Å². The molecule has 0 heterocycles. The molecule has 0 aliphatic carbocycles. The Morgan fingerprint density at radius 2 is 1.50 bits per heavy atom. The zero-order valence-corrected chi connectivity index (χ0v) is 6.90. The molecule has 0 amide bonds. The molecule has 0 aliphatic heterocycles. The second-order valence-electron chi connectivity index (χ2n) is 1.92. The van der Waals surface area contributed by atoms with Crippen molar-refractivity contribution in [3.05, 3.63) is 0 Å². The summed E-state index contributed by atoms with van der Waals surface area (Å²) in [4.78, 5) is 0. The Balaban J connectivity index is 0. The van der Waals surface area contributed by atoms with Gasteiger partial charge in [0, 0.05) is 0 Å². The van der Waals surface area contributed by atoms with Crippen LogP contribution >= 0.6 is 9.12 Å². The average Bonchev–Trinajstić information content (AvgIpc) is 1.91. The fourth-order valence-corrected chi connectivity index (χ4v) is 0.289. The molecule has 0 saturated heterocycles. The minimum atomic E-state index is 0.935. The SMILES string of the molecule is CCC(C)CC.O=P. The topological polar surface area (TPSA) is 17.1 Å². The van der Waals surface area contributed by atoms with Crippen LogP contribution < -0.4 is 0 Å². The molecule has 2 heteroatoms. The normalized spacial score (nSPS) is 8.00. The molecule has 0 atom stereocenters. The van der Waals surface area contributed by atoms with Crippen LogP contribution in [0.2, 0.25) is 0 Å². The highest BCUT2D eigenvalue weighted by atomic mass is 31.0. The predicted molar refractivity (Wildman–Crippen MR) is 38.7 cm³/mol. The molecule has 1 nitrogen and oxygen atoms in total. The smallest absolute Gasteiger partial charge is 0.138 e. The number of hydrogen-bond acceptors (Lipinski definition) is 1. The van der Waals surface area contributed by atoms with Gasteiger partial charge in [-0.2, -0.15) is 0 Å². The van der Waals surface area contributed by atoms with Gasteiger partial charge in [0.05, 0.1) is 0 Å². The summed E-state index contributed by atoms with van der Waals surface area (Å²) >= 11 is 0. The summed E-state index contributed by atoms with van der Waals surface area (Å²) in [5.41, 5.74) is 0. The molecule has 0 aromatic heterocycles. The lowest BCUT2D eigenvalue weighted by molar-refractivity contribution is 0.544. The molecule has 0 rings (SSSR count). The van der Waals surface area contributed by atoms with Gasteiger partial charge in [0.2, 0.25) is 0 Å². The summed E-state index contributed by atoms with van der Waals surface area (Å²) in [6.07, 6.45) is 2.66. The Kier molecular flexibility index (Phi) is 13.9. The highest BCUT2D eigenvalue weighted by Gasteiger charge is 1.88. The summed E-state index contributed by atoms with van der Waals surface area (Å²) in [5.74, 6) is 0.935. The predicted octanol–water partition coefficient (Wildman–Crippen LogP) is 2.92. The minimum Gasteiger partial charge on any atom is -0.279 e. The molecule has 0 aromatic rings. The fourth-order valence-electron chi connectivity index (χ4n) is 0.289. The van der Waals surface area contributed by atoms with Crippen molar-refractivity contribution in [3.8, 4) is 0 Å². The number of hydrogen-bond donors (Lipinski definition) is 0. The Morgan fingerprint density at radius 1 is 1.25 bits per heavy atom. The Labute approximate surface area is 54.1 Å². The van der Waals surface area contributed by atoms with E-state index in [4.69, 9.17) is 4.57 Å². The summed E-state index contributed by atoms with van der Waals surface area (Å²) in [7, 11) is 1.72. The first kappa shape index (κ1) is 11.0. The van der Waals surface area contributed by atoms with Crippen LogP contribution in [0, 0.1) is 5.92 Å². The molecular weight excluding hydrogens is 119 g/mol. The standard InChI is InChI=1S/C6H14.HOP/c1-4-6(3)5-2;1-2/h6H,4-5H2,1-3H3;2H. The van der Waals surface area contributed by atoms with E-state index in [2.05, 4.69) is 20.8 Å². The van der Waals surface area contributed by atoms with Crippen LogP contribution in [-0.4, -0.2) is 0 Å². The first-order valence-corrected chi connectivity index (χ1v) is 3.42. The Hall–Kier alpha value is 0.100. The maximum absolute atomic E-state index is 8.06. The molecule has 0 spiro atoms. The van der Waals surface area contributed by atoms with Crippen LogP contribution in [0.3, 0.4) is 0 Å². The van der Waals surface area contributed by atoms with E-state index in [1.165, 1.54) is 12.8 Å². The van der Waals surface area contributed by atoms with Gasteiger partial charge in [-0.15, -0.1) is 0 Å². The largest absolute Gasteiger partial charge is 0.279 e. The van der Waals surface area contributed by atoms with Crippen LogP contribution in [0.25, 0.3) is 0 Å². The third-order valence-electron chi connectivity index (χ3n) is 1.39. The molecule has 0 bridgehead atoms. The van der Waals surface area contributed by atoms with E-state index in [0.717, 1.165) is 5.92 Å². The summed E-state index contributed by atoms with van der Waals surface area (Å²) in [6.45, 7) is 6.74. The van der Waals surface area contributed by atoms with Crippen molar-refractivity contribution in [1.29, 1.82) is 0 Å². The third-order valence-corrected chi connectivity index (χ3v) is 1.39. The quantitative estimate of drug-likeness (QED) is 0.530. The molecule has 0 radical (unpaired) electrons. The summed E-state index contributed by atoms with van der Waals surface area (Å²) in [6, 6.07) is 0. The molecule has 0 aliphatic rings. The minimum absolute atomic E-state index is 0.935. The van der Waals surface area contributed by atoms with Gasteiger partial charge >= 0.3 is 0 Å². The van der Waals surface area contributed by atoms with Crippen LogP contribution in [0.15, 0.2) is 0 Å². The van der Waals surface area contributed by atoms with Gasteiger partial charge < -0.3 is 0 Å². The fraction of sp³-hybridized carbons (Fsp3) is 1.00.